The number of carbonyl (C=O) groups excluding carboxylic acids is 2. The van der Waals surface area contributed by atoms with Crippen LogP contribution >= 0.6 is 23.2 Å². The number of amides is 1. The quantitative estimate of drug-likeness (QED) is 0.703. The third kappa shape index (κ3) is 4.42. The minimum atomic E-state index is -4.03. The number of anilines is 1. The van der Waals surface area contributed by atoms with Gasteiger partial charge in [-0.1, -0.05) is 54.4 Å². The lowest BCUT2D eigenvalue weighted by molar-refractivity contribution is -0.116. The van der Waals surface area contributed by atoms with Crippen LogP contribution < -0.4 is 5.32 Å². The highest BCUT2D eigenvalue weighted by molar-refractivity contribution is 7.89. The van der Waals surface area contributed by atoms with Crippen LogP contribution in [0.2, 0.25) is 10.0 Å². The van der Waals surface area contributed by atoms with E-state index in [-0.39, 0.29) is 32.7 Å². The summed E-state index contributed by atoms with van der Waals surface area (Å²) in [5.74, 6) is -0.603. The van der Waals surface area contributed by atoms with Gasteiger partial charge in [0.15, 0.2) is 6.29 Å². The van der Waals surface area contributed by atoms with E-state index in [4.69, 9.17) is 23.2 Å². The van der Waals surface area contributed by atoms with Gasteiger partial charge in [0.1, 0.15) is 0 Å². The number of benzene rings is 2. The number of hydrogen-bond acceptors (Lipinski definition) is 4. The van der Waals surface area contributed by atoms with Gasteiger partial charge in [-0.25, -0.2) is 8.42 Å². The molecule has 0 bridgehead atoms. The molecule has 0 saturated carbocycles. The maximum Gasteiger partial charge on any atom is 0.244 e. The number of halogens is 2. The van der Waals surface area contributed by atoms with Crippen LogP contribution in [0.4, 0.5) is 5.69 Å². The minimum absolute atomic E-state index is 0.0282. The maximum absolute atomic E-state index is 12.8. The normalized spacial score (nSPS) is 11.4. The summed E-state index contributed by atoms with van der Waals surface area (Å²) in [6.45, 7) is 1.18. The van der Waals surface area contributed by atoms with Crippen molar-refractivity contribution in [2.24, 2.45) is 0 Å². The van der Waals surface area contributed by atoms with Gasteiger partial charge in [0.05, 0.1) is 27.2 Å². The number of carbonyl (C=O) groups is 2. The van der Waals surface area contributed by atoms with Crippen LogP contribution in [0.25, 0.3) is 0 Å². The highest BCUT2D eigenvalue weighted by Crippen LogP contribution is 2.29. The number of para-hydroxylation sites is 1. The largest absolute Gasteiger partial charge is 0.322 e. The Kier molecular flexibility index (Phi) is 6.77. The average molecular weight is 415 g/mol. The number of likely N-dealkylation sites (N-methyl/N-ethyl adjacent to an activating group) is 1. The standard InChI is InChI=1S/C17H16Cl2N2O4S/c1-2-21(26(24,25)15-9-4-3-6-12(15)11-22)10-16(23)20-17-13(18)7-5-8-14(17)19/h3-9,11H,2,10H2,1H3,(H,20,23). The van der Waals surface area contributed by atoms with Crippen molar-refractivity contribution >= 4 is 51.1 Å². The second-order valence-corrected chi connectivity index (χ2v) is 7.95. The van der Waals surface area contributed by atoms with Crippen LogP contribution in [-0.2, 0) is 14.8 Å². The predicted molar refractivity (Wildman–Crippen MR) is 101 cm³/mol. The molecule has 0 aliphatic carbocycles. The van der Waals surface area contributed by atoms with E-state index >= 15 is 0 Å². The zero-order chi connectivity index (χ0) is 19.3. The summed E-state index contributed by atoms with van der Waals surface area (Å²) >= 11 is 12.0. The molecule has 0 heterocycles. The maximum atomic E-state index is 12.8. The third-order valence-electron chi connectivity index (χ3n) is 3.56. The van der Waals surface area contributed by atoms with Crippen LogP contribution in [-0.4, -0.2) is 38.0 Å². The number of sulfonamides is 1. The monoisotopic (exact) mass is 414 g/mol. The average Bonchev–Trinajstić information content (AvgIpc) is 2.62. The van der Waals surface area contributed by atoms with Gasteiger partial charge in [0.2, 0.25) is 15.9 Å². The molecule has 6 nitrogen and oxygen atoms in total. The molecule has 26 heavy (non-hydrogen) atoms. The summed E-state index contributed by atoms with van der Waals surface area (Å²) in [6.07, 6.45) is 0.463. The van der Waals surface area contributed by atoms with E-state index in [0.717, 1.165) is 4.31 Å². The second-order valence-electron chi connectivity index (χ2n) is 5.23. The van der Waals surface area contributed by atoms with Crippen molar-refractivity contribution in [1.29, 1.82) is 0 Å². The number of nitrogens with zero attached hydrogens (tertiary/aromatic N) is 1. The number of rotatable bonds is 7. The van der Waals surface area contributed by atoms with Crippen LogP contribution in [0.1, 0.15) is 17.3 Å². The summed E-state index contributed by atoms with van der Waals surface area (Å²) < 4.78 is 26.6. The Labute approximate surface area is 161 Å². The Morgan fingerprint density at radius 3 is 2.31 bits per heavy atom. The van der Waals surface area contributed by atoms with Crippen molar-refractivity contribution < 1.29 is 18.0 Å². The van der Waals surface area contributed by atoms with E-state index in [0.29, 0.717) is 6.29 Å². The Morgan fingerprint density at radius 1 is 1.12 bits per heavy atom. The van der Waals surface area contributed by atoms with Gasteiger partial charge >= 0.3 is 0 Å². The molecule has 0 saturated heterocycles. The molecule has 0 fully saturated rings. The summed E-state index contributed by atoms with van der Waals surface area (Å²) in [5, 5.41) is 2.99. The lowest BCUT2D eigenvalue weighted by Crippen LogP contribution is -2.38. The first-order valence-corrected chi connectivity index (χ1v) is 9.79. The van der Waals surface area contributed by atoms with Gasteiger partial charge in [-0.2, -0.15) is 4.31 Å². The molecule has 0 aliphatic heterocycles. The molecule has 0 aliphatic rings. The number of aldehydes is 1. The van der Waals surface area contributed by atoms with Gasteiger partial charge < -0.3 is 5.32 Å². The van der Waals surface area contributed by atoms with Crippen LogP contribution in [0, 0.1) is 0 Å². The molecule has 0 atom stereocenters. The molecule has 2 rings (SSSR count). The molecule has 2 aromatic carbocycles. The van der Waals surface area contributed by atoms with Crippen molar-refractivity contribution in [3.63, 3.8) is 0 Å². The first kappa shape index (κ1) is 20.4. The highest BCUT2D eigenvalue weighted by atomic mass is 35.5. The molecule has 0 unspecified atom stereocenters. The molecule has 1 amide bonds. The molecule has 0 aromatic heterocycles. The van der Waals surface area contributed by atoms with E-state index in [1.165, 1.54) is 18.2 Å². The Hall–Kier alpha value is -1.93. The smallest absolute Gasteiger partial charge is 0.244 e. The zero-order valence-corrected chi connectivity index (χ0v) is 16.1. The van der Waals surface area contributed by atoms with Crippen LogP contribution in [0.5, 0.6) is 0 Å². The number of hydrogen-bond donors (Lipinski definition) is 1. The topological polar surface area (TPSA) is 83.6 Å². The van der Waals surface area contributed by atoms with Gasteiger partial charge in [0.25, 0.3) is 0 Å². The fourth-order valence-corrected chi connectivity index (χ4v) is 4.34. The van der Waals surface area contributed by atoms with Crippen molar-refractivity contribution in [3.8, 4) is 0 Å². The second kappa shape index (κ2) is 8.64. The van der Waals surface area contributed by atoms with Gasteiger partial charge in [-0.3, -0.25) is 9.59 Å². The molecule has 138 valence electrons. The summed E-state index contributed by atoms with van der Waals surface area (Å²) in [5.41, 5.74) is 0.239. The lowest BCUT2D eigenvalue weighted by Gasteiger charge is -2.21. The summed E-state index contributed by atoms with van der Waals surface area (Å²) in [7, 11) is -4.03. The molecule has 1 N–H and O–H groups in total. The summed E-state index contributed by atoms with van der Waals surface area (Å²) in [6, 6.07) is 10.5. The van der Waals surface area contributed by atoms with E-state index in [9.17, 15) is 18.0 Å². The van der Waals surface area contributed by atoms with Gasteiger partial charge in [-0.15, -0.1) is 0 Å². The highest BCUT2D eigenvalue weighted by Gasteiger charge is 2.27. The lowest BCUT2D eigenvalue weighted by atomic mass is 10.2. The zero-order valence-electron chi connectivity index (χ0n) is 13.8. The van der Waals surface area contributed by atoms with E-state index in [1.54, 1.807) is 31.2 Å². The molecular formula is C17H16Cl2N2O4S. The van der Waals surface area contributed by atoms with Gasteiger partial charge in [-0.05, 0) is 18.2 Å². The predicted octanol–water partition coefficient (Wildman–Crippen LogP) is 3.46. The molecular weight excluding hydrogens is 399 g/mol. The first-order chi connectivity index (χ1) is 12.3. The molecule has 2 aromatic rings. The first-order valence-electron chi connectivity index (χ1n) is 7.59. The Balaban J connectivity index is 2.25. The van der Waals surface area contributed by atoms with E-state index in [2.05, 4.69) is 5.32 Å². The summed E-state index contributed by atoms with van der Waals surface area (Å²) in [4.78, 5) is 23.3. The van der Waals surface area contributed by atoms with Crippen LogP contribution in [0.15, 0.2) is 47.4 Å². The van der Waals surface area contributed by atoms with Crippen molar-refractivity contribution in [3.05, 3.63) is 58.1 Å². The third-order valence-corrected chi connectivity index (χ3v) is 6.19. The SMILES string of the molecule is CCN(CC(=O)Nc1c(Cl)cccc1Cl)S(=O)(=O)c1ccccc1C=O. The van der Waals surface area contributed by atoms with E-state index < -0.39 is 22.5 Å². The fraction of sp³-hybridized carbons (Fsp3) is 0.176. The van der Waals surface area contributed by atoms with Crippen molar-refractivity contribution in [2.45, 2.75) is 11.8 Å². The van der Waals surface area contributed by atoms with Crippen molar-refractivity contribution in [1.82, 2.24) is 4.31 Å². The van der Waals surface area contributed by atoms with Gasteiger partial charge in [0, 0.05) is 12.1 Å². The van der Waals surface area contributed by atoms with Crippen LogP contribution in [0.3, 0.4) is 0 Å². The Morgan fingerprint density at radius 2 is 1.73 bits per heavy atom. The van der Waals surface area contributed by atoms with Crippen molar-refractivity contribution in [2.75, 3.05) is 18.4 Å². The molecule has 0 spiro atoms. The minimum Gasteiger partial charge on any atom is -0.322 e. The van der Waals surface area contributed by atoms with E-state index in [1.807, 2.05) is 0 Å². The number of nitrogens with one attached hydrogen (secondary N) is 1. The fourth-order valence-electron chi connectivity index (χ4n) is 2.27. The molecule has 0 radical (unpaired) electrons. The molecule has 9 heteroatoms. The Bertz CT molecular complexity index is 912.